The first kappa shape index (κ1) is 32.7. The number of hydrogen-bond donors (Lipinski definition) is 0. The third-order valence-electron chi connectivity index (χ3n) is 6.56. The summed E-state index contributed by atoms with van der Waals surface area (Å²) in [6.07, 6.45) is 3.90. The van der Waals surface area contributed by atoms with Gasteiger partial charge in [-0.05, 0) is 99.9 Å². The van der Waals surface area contributed by atoms with E-state index in [4.69, 9.17) is 51.9 Å². The molecule has 2 aliphatic carbocycles. The summed E-state index contributed by atoms with van der Waals surface area (Å²) in [5, 5.41) is 1.46. The summed E-state index contributed by atoms with van der Waals surface area (Å²) in [5.41, 5.74) is 3.49. The van der Waals surface area contributed by atoms with Gasteiger partial charge in [0.05, 0.1) is 24.0 Å². The van der Waals surface area contributed by atoms with E-state index in [1.807, 2.05) is 64.1 Å². The fourth-order valence-electron chi connectivity index (χ4n) is 4.66. The predicted octanol–water partition coefficient (Wildman–Crippen LogP) is 5.05. The first-order valence-electron chi connectivity index (χ1n) is 11.9. The van der Waals surface area contributed by atoms with Crippen LogP contribution in [0.4, 0.5) is 0 Å². The number of hydrogen-bond acceptors (Lipinski definition) is 8. The average molecular weight is 565 g/mol. The van der Waals surface area contributed by atoms with Crippen molar-refractivity contribution in [2.24, 2.45) is 0 Å². The van der Waals surface area contributed by atoms with Gasteiger partial charge in [0.25, 0.3) is 0 Å². The summed E-state index contributed by atoms with van der Waals surface area (Å²) < 4.78 is 10.3. The second-order valence-corrected chi connectivity index (χ2v) is 9.75. The van der Waals surface area contributed by atoms with Gasteiger partial charge in [-0.3, -0.25) is 9.59 Å². The van der Waals surface area contributed by atoms with Crippen LogP contribution in [-0.2, 0) is 61.9 Å². The number of esters is 2. The standard InChI is InChI=1S/2C13H15ClO2.2CO2/c2*1-3-16-12(15)13(2)7-6-9-8-10(14)4-5-11(9)13;2*2-1-3/h2*4-5,8H,3,6-7H2,1-2H3;;/t2*13-;;/m10../s1. The quantitative estimate of drug-likeness (QED) is 0.473. The van der Waals surface area contributed by atoms with Crippen molar-refractivity contribution in [2.45, 2.75) is 64.2 Å². The molecule has 0 bridgehead atoms. The van der Waals surface area contributed by atoms with E-state index < -0.39 is 10.8 Å². The third-order valence-corrected chi connectivity index (χ3v) is 7.03. The molecule has 2 atom stereocenters. The molecule has 0 spiro atoms. The summed E-state index contributed by atoms with van der Waals surface area (Å²) in [6.45, 7) is 8.42. The van der Waals surface area contributed by atoms with Crippen molar-refractivity contribution in [3.8, 4) is 0 Å². The minimum atomic E-state index is -0.490. The van der Waals surface area contributed by atoms with Gasteiger partial charge < -0.3 is 9.47 Å². The molecule has 10 heteroatoms. The Labute approximate surface area is 231 Å². The lowest BCUT2D eigenvalue weighted by molar-refractivity contribution is -0.193. The van der Waals surface area contributed by atoms with Crippen LogP contribution in [0.15, 0.2) is 36.4 Å². The molecular formula is C28H30Cl2O8. The Hall–Kier alpha value is -3.28. The lowest BCUT2D eigenvalue weighted by Gasteiger charge is -2.22. The van der Waals surface area contributed by atoms with Gasteiger partial charge >= 0.3 is 24.2 Å². The zero-order valence-corrected chi connectivity index (χ0v) is 23.2. The highest BCUT2D eigenvalue weighted by molar-refractivity contribution is 6.31. The zero-order valence-electron chi connectivity index (χ0n) is 21.7. The number of benzene rings is 2. The fourth-order valence-corrected chi connectivity index (χ4v) is 5.05. The van der Waals surface area contributed by atoms with Crippen molar-refractivity contribution in [3.05, 3.63) is 68.7 Å². The Morgan fingerprint density at radius 2 is 1.05 bits per heavy atom. The maximum absolute atomic E-state index is 12.0. The van der Waals surface area contributed by atoms with Gasteiger partial charge in [0, 0.05) is 10.0 Å². The smallest absolute Gasteiger partial charge is 0.373 e. The van der Waals surface area contributed by atoms with Crippen LogP contribution in [0.1, 0.15) is 62.8 Å². The monoisotopic (exact) mass is 564 g/mol. The van der Waals surface area contributed by atoms with Crippen LogP contribution in [0.2, 0.25) is 10.0 Å². The molecule has 8 nitrogen and oxygen atoms in total. The normalized spacial score (nSPS) is 19.7. The minimum absolute atomic E-state index is 0.129. The van der Waals surface area contributed by atoms with Gasteiger partial charge in [-0.1, -0.05) is 35.3 Å². The number of fused-ring (bicyclic) bond motifs is 2. The highest BCUT2D eigenvalue weighted by Gasteiger charge is 2.43. The molecule has 2 aromatic carbocycles. The van der Waals surface area contributed by atoms with Gasteiger partial charge in [0.2, 0.25) is 0 Å². The number of halogens is 2. The van der Waals surface area contributed by atoms with E-state index in [-0.39, 0.29) is 24.2 Å². The van der Waals surface area contributed by atoms with E-state index in [0.717, 1.165) is 46.9 Å². The van der Waals surface area contributed by atoms with Crippen LogP contribution in [0.5, 0.6) is 0 Å². The lowest BCUT2D eigenvalue weighted by atomic mass is 9.84. The Morgan fingerprint density at radius 3 is 1.34 bits per heavy atom. The highest BCUT2D eigenvalue weighted by atomic mass is 35.5. The lowest BCUT2D eigenvalue weighted by Crippen LogP contribution is -2.32. The van der Waals surface area contributed by atoms with Crippen LogP contribution in [-0.4, -0.2) is 37.5 Å². The molecule has 38 heavy (non-hydrogen) atoms. The van der Waals surface area contributed by atoms with Crippen LogP contribution in [0.3, 0.4) is 0 Å². The van der Waals surface area contributed by atoms with Crippen LogP contribution in [0.25, 0.3) is 0 Å². The second kappa shape index (κ2) is 15.2. The van der Waals surface area contributed by atoms with Gasteiger partial charge in [0.1, 0.15) is 0 Å². The summed E-state index contributed by atoms with van der Waals surface area (Å²) in [7, 11) is 0. The van der Waals surface area contributed by atoms with Gasteiger partial charge in [-0.2, -0.15) is 19.2 Å². The molecule has 0 saturated carbocycles. The molecule has 0 unspecified atom stereocenters. The van der Waals surface area contributed by atoms with E-state index in [9.17, 15) is 9.59 Å². The molecule has 0 aliphatic heterocycles. The molecule has 0 saturated heterocycles. The van der Waals surface area contributed by atoms with Gasteiger partial charge in [-0.15, -0.1) is 0 Å². The Balaban J connectivity index is 0.000000315. The van der Waals surface area contributed by atoms with E-state index in [1.165, 1.54) is 11.1 Å². The average Bonchev–Trinajstić information content (AvgIpc) is 3.39. The maximum atomic E-state index is 12.0. The van der Waals surface area contributed by atoms with Crippen molar-refractivity contribution < 1.29 is 38.2 Å². The minimum Gasteiger partial charge on any atom is -0.465 e. The van der Waals surface area contributed by atoms with E-state index in [2.05, 4.69) is 0 Å². The fraction of sp³-hybridized carbons (Fsp3) is 0.429. The SMILES string of the molecule is CCOC(=O)[C@@]1(C)CCc2cc(Cl)ccc21.CCOC(=O)[C@]1(C)CCc2cc(Cl)ccc21.O=C=O.O=C=O. The maximum Gasteiger partial charge on any atom is 0.373 e. The zero-order chi connectivity index (χ0) is 28.9. The van der Waals surface area contributed by atoms with Crippen molar-refractivity contribution in [1.29, 1.82) is 0 Å². The number of ether oxygens (including phenoxy) is 2. The molecule has 0 heterocycles. The van der Waals surface area contributed by atoms with E-state index in [1.54, 1.807) is 0 Å². The molecule has 0 radical (unpaired) electrons. The molecule has 0 aromatic heterocycles. The Kier molecular flexibility index (Phi) is 13.1. The number of carbonyl (C=O) groups is 2. The van der Waals surface area contributed by atoms with Crippen molar-refractivity contribution in [3.63, 3.8) is 0 Å². The first-order chi connectivity index (χ1) is 18.0. The molecule has 0 N–H and O–H groups in total. The van der Waals surface area contributed by atoms with Crippen molar-refractivity contribution in [2.75, 3.05) is 13.2 Å². The predicted molar refractivity (Wildman–Crippen MR) is 138 cm³/mol. The largest absolute Gasteiger partial charge is 0.465 e. The molecule has 2 aliphatic rings. The number of aryl methyl sites for hydroxylation is 2. The van der Waals surface area contributed by atoms with Gasteiger partial charge in [0.15, 0.2) is 0 Å². The third kappa shape index (κ3) is 7.86. The number of rotatable bonds is 4. The molecule has 204 valence electrons. The van der Waals surface area contributed by atoms with Gasteiger partial charge in [-0.25, -0.2) is 0 Å². The molecule has 4 rings (SSSR count). The van der Waals surface area contributed by atoms with E-state index in [0.29, 0.717) is 13.2 Å². The van der Waals surface area contributed by atoms with Crippen LogP contribution < -0.4 is 0 Å². The summed E-state index contributed by atoms with van der Waals surface area (Å²) in [5.74, 6) is -0.257. The molecule has 0 fully saturated rings. The van der Waals surface area contributed by atoms with Crippen molar-refractivity contribution >= 4 is 47.4 Å². The Morgan fingerprint density at radius 1 is 0.737 bits per heavy atom. The van der Waals surface area contributed by atoms with Crippen LogP contribution in [0, 0.1) is 0 Å². The summed E-state index contributed by atoms with van der Waals surface area (Å²) >= 11 is 11.9. The second-order valence-electron chi connectivity index (χ2n) is 8.87. The first-order valence-corrected chi connectivity index (χ1v) is 12.6. The highest BCUT2D eigenvalue weighted by Crippen LogP contribution is 2.41. The molecule has 2 aromatic rings. The van der Waals surface area contributed by atoms with Crippen molar-refractivity contribution in [1.82, 2.24) is 0 Å². The summed E-state index contributed by atoms with van der Waals surface area (Å²) in [4.78, 5) is 56.4. The Bertz CT molecular complexity index is 1110. The number of carbonyl (C=O) groups excluding carboxylic acids is 6. The molecule has 0 amide bonds. The van der Waals surface area contributed by atoms with E-state index >= 15 is 0 Å². The van der Waals surface area contributed by atoms with Crippen LogP contribution >= 0.6 is 23.2 Å². The molecular weight excluding hydrogens is 535 g/mol. The topological polar surface area (TPSA) is 121 Å². The summed E-state index contributed by atoms with van der Waals surface area (Å²) in [6, 6.07) is 11.5.